The lowest BCUT2D eigenvalue weighted by Gasteiger charge is -2.21. The van der Waals surface area contributed by atoms with Crippen molar-refractivity contribution in [3.05, 3.63) is 190 Å². The van der Waals surface area contributed by atoms with Gasteiger partial charge >= 0.3 is 5.97 Å². The first kappa shape index (κ1) is 41.5. The van der Waals surface area contributed by atoms with Gasteiger partial charge in [0.05, 0.1) is 5.97 Å². The third-order valence-electron chi connectivity index (χ3n) is 10.3. The van der Waals surface area contributed by atoms with Crippen molar-refractivity contribution in [2.45, 2.75) is 25.7 Å². The molecule has 8 nitrogen and oxygen atoms in total. The Morgan fingerprint density at radius 3 is 1.63 bits per heavy atom. The van der Waals surface area contributed by atoms with E-state index in [0.717, 1.165) is 50.5 Å². The lowest BCUT2D eigenvalue weighted by molar-refractivity contribution is -0.462. The number of anilines is 2. The molecule has 5 aromatic rings. The fraction of sp³-hybridized carbons (Fsp3) is 0.204. The third kappa shape index (κ3) is 9.77. The van der Waals surface area contributed by atoms with Gasteiger partial charge < -0.3 is 29.9 Å². The Balaban J connectivity index is 0.000000221. The van der Waals surface area contributed by atoms with E-state index in [2.05, 4.69) is 0 Å². The highest BCUT2D eigenvalue weighted by atomic mass is 16.4. The van der Waals surface area contributed by atoms with Crippen LogP contribution < -0.4 is 14.9 Å². The van der Waals surface area contributed by atoms with E-state index < -0.39 is 11.9 Å². The highest BCUT2D eigenvalue weighted by molar-refractivity contribution is 6.05. The van der Waals surface area contributed by atoms with Crippen LogP contribution in [0.1, 0.15) is 79.8 Å². The molecule has 0 fully saturated rings. The summed E-state index contributed by atoms with van der Waals surface area (Å²) in [6.07, 6.45) is 8.14. The van der Waals surface area contributed by atoms with Crippen LogP contribution in [0.5, 0.6) is 5.75 Å². The van der Waals surface area contributed by atoms with Gasteiger partial charge in [0.25, 0.3) is 0 Å². The van der Waals surface area contributed by atoms with Gasteiger partial charge in [0.2, 0.25) is 0 Å². The first-order valence-electron chi connectivity index (χ1n) is 18.8. The van der Waals surface area contributed by atoms with Crippen LogP contribution in [0.25, 0.3) is 5.57 Å². The Morgan fingerprint density at radius 2 is 1.14 bits per heavy atom. The molecule has 0 heterocycles. The van der Waals surface area contributed by atoms with Crippen molar-refractivity contribution in [1.29, 1.82) is 0 Å². The van der Waals surface area contributed by atoms with Crippen LogP contribution in [0.2, 0.25) is 0 Å². The fourth-order valence-corrected chi connectivity index (χ4v) is 6.81. The van der Waals surface area contributed by atoms with Crippen molar-refractivity contribution < 1.29 is 29.5 Å². The number of allylic oxidation sites excluding steroid dienone is 5. The minimum absolute atomic E-state index is 0.0247. The number of benzene rings is 5. The van der Waals surface area contributed by atoms with E-state index in [-0.39, 0.29) is 28.7 Å². The summed E-state index contributed by atoms with van der Waals surface area (Å²) in [7, 11) is 11.8. The maximum Gasteiger partial charge on any atom is 0.339 e. The van der Waals surface area contributed by atoms with Crippen LogP contribution >= 0.6 is 0 Å². The SMILES string of the molecule is CC(c1ccccc1)c1cc(C(=O)O)c(O)c(C(C)c2ccccc2)c1.CN(C)c1ccc(C(=C2C=CC(=[N+](C)C)C=C2)c2ccc(N(C)C)cc2C(=O)[O-])cc1. The first-order valence-corrected chi connectivity index (χ1v) is 18.8. The van der Waals surface area contributed by atoms with Crippen molar-refractivity contribution >= 4 is 34.6 Å². The van der Waals surface area contributed by atoms with Gasteiger partial charge in [-0.2, -0.15) is 0 Å². The largest absolute Gasteiger partial charge is 0.545 e. The number of aromatic hydroxyl groups is 1. The topological polar surface area (TPSA) is 107 Å². The van der Waals surface area contributed by atoms with Gasteiger partial charge in [-0.25, -0.2) is 9.37 Å². The van der Waals surface area contributed by atoms with Crippen LogP contribution in [0.3, 0.4) is 0 Å². The molecule has 2 atom stereocenters. The van der Waals surface area contributed by atoms with Gasteiger partial charge in [-0.1, -0.05) is 98.8 Å². The molecular formula is C49H51N3O5. The lowest BCUT2D eigenvalue weighted by Crippen LogP contribution is -2.24. The van der Waals surface area contributed by atoms with Crippen LogP contribution in [0, 0.1) is 0 Å². The molecule has 0 spiro atoms. The van der Waals surface area contributed by atoms with Crippen molar-refractivity contribution in [2.24, 2.45) is 0 Å². The van der Waals surface area contributed by atoms with E-state index in [1.807, 2.05) is 198 Å². The smallest absolute Gasteiger partial charge is 0.339 e. The number of carbonyl (C=O) groups is 2. The highest BCUT2D eigenvalue weighted by Crippen LogP contribution is 2.38. The number of carboxylic acid groups (broad SMARTS) is 2. The van der Waals surface area contributed by atoms with Gasteiger partial charge in [-0.05, 0) is 81.4 Å². The minimum atomic E-state index is -1.19. The zero-order chi connectivity index (χ0) is 41.4. The summed E-state index contributed by atoms with van der Waals surface area (Å²) in [6, 6.07) is 36.9. The second-order valence-corrected chi connectivity index (χ2v) is 14.7. The zero-order valence-electron chi connectivity index (χ0n) is 33.9. The summed E-state index contributed by atoms with van der Waals surface area (Å²) >= 11 is 0. The standard InChI is InChI=1S/C26H29N3O2.C23H22O3/c1-27(2)20-11-7-18(8-12-20)25(19-9-13-21(14-10-19)28(3)4)23-16-15-22(29(5)6)17-24(23)26(30)31;1-15(17-9-5-3-6-10-17)19-13-20(22(24)21(14-19)23(25)26)16(2)18-11-7-4-8-12-18/h7-17H,1-6H3;3-16,24H,1-2H3,(H,25,26). The van der Waals surface area contributed by atoms with Gasteiger partial charge in [-0.15, -0.1) is 0 Å². The molecule has 0 bridgehead atoms. The summed E-state index contributed by atoms with van der Waals surface area (Å²) in [5.41, 5.74) is 10.1. The number of nitrogens with zero attached hydrogens (tertiary/aromatic N) is 3. The Bertz CT molecular complexity index is 2330. The normalized spacial score (nSPS) is 12.9. The molecule has 2 unspecified atom stereocenters. The molecule has 6 rings (SSSR count). The van der Waals surface area contributed by atoms with Crippen molar-refractivity contribution in [3.63, 3.8) is 0 Å². The number of hydrogen-bond donors (Lipinski definition) is 2. The highest BCUT2D eigenvalue weighted by Gasteiger charge is 2.23. The molecule has 0 amide bonds. The molecule has 1 aliphatic carbocycles. The number of hydrogen-bond acceptors (Lipinski definition) is 6. The van der Waals surface area contributed by atoms with E-state index in [0.29, 0.717) is 11.1 Å². The zero-order valence-corrected chi connectivity index (χ0v) is 33.9. The quantitative estimate of drug-likeness (QED) is 0.138. The number of aromatic carboxylic acids is 2. The monoisotopic (exact) mass is 761 g/mol. The number of carboxylic acids is 2. The summed E-state index contributed by atoms with van der Waals surface area (Å²) < 4.78 is 2.04. The summed E-state index contributed by atoms with van der Waals surface area (Å²) in [4.78, 5) is 27.7. The maximum absolute atomic E-state index is 12.1. The number of phenols is 1. The fourth-order valence-electron chi connectivity index (χ4n) is 6.81. The van der Waals surface area contributed by atoms with Gasteiger partial charge in [0, 0.05) is 74.7 Å². The summed E-state index contributed by atoms with van der Waals surface area (Å²) in [5.74, 6) is -2.55. The Kier molecular flexibility index (Phi) is 13.3. The first-order chi connectivity index (χ1) is 27.2. The molecule has 8 heteroatoms. The van der Waals surface area contributed by atoms with E-state index >= 15 is 0 Å². The van der Waals surface area contributed by atoms with Gasteiger partial charge in [-0.3, -0.25) is 0 Å². The molecule has 0 saturated carbocycles. The van der Waals surface area contributed by atoms with Crippen molar-refractivity contribution in [1.82, 2.24) is 0 Å². The summed E-state index contributed by atoms with van der Waals surface area (Å²) in [5, 5.41) is 32.2. The molecule has 0 saturated heterocycles. The maximum atomic E-state index is 12.1. The van der Waals surface area contributed by atoms with E-state index in [9.17, 15) is 24.9 Å². The minimum Gasteiger partial charge on any atom is -0.545 e. The van der Waals surface area contributed by atoms with Crippen molar-refractivity contribution in [2.75, 3.05) is 52.1 Å². The average Bonchev–Trinajstić information content (AvgIpc) is 3.21. The van der Waals surface area contributed by atoms with Crippen LogP contribution in [0.4, 0.5) is 11.4 Å². The average molecular weight is 762 g/mol. The van der Waals surface area contributed by atoms with Crippen molar-refractivity contribution in [3.8, 4) is 5.75 Å². The molecule has 57 heavy (non-hydrogen) atoms. The molecule has 5 aromatic carbocycles. The second kappa shape index (κ2) is 18.3. The van der Waals surface area contributed by atoms with Crippen LogP contribution in [0.15, 0.2) is 145 Å². The van der Waals surface area contributed by atoms with Crippen LogP contribution in [-0.4, -0.2) is 74.7 Å². The predicted octanol–water partition coefficient (Wildman–Crippen LogP) is 8.22. The van der Waals surface area contributed by atoms with Crippen LogP contribution in [-0.2, 0) is 0 Å². The number of carbonyl (C=O) groups excluding carboxylic acids is 1. The lowest BCUT2D eigenvalue weighted by atomic mass is 9.85. The van der Waals surface area contributed by atoms with Gasteiger partial charge in [0.15, 0.2) is 5.71 Å². The Hall–Kier alpha value is -6.67. The summed E-state index contributed by atoms with van der Waals surface area (Å²) in [6.45, 7) is 4.03. The molecule has 292 valence electrons. The van der Waals surface area contributed by atoms with E-state index in [4.69, 9.17) is 0 Å². The van der Waals surface area contributed by atoms with E-state index in [1.54, 1.807) is 12.1 Å². The number of rotatable bonds is 10. The van der Waals surface area contributed by atoms with Gasteiger partial charge in [0.1, 0.15) is 25.4 Å². The molecule has 2 N–H and O–H groups in total. The molecular weight excluding hydrogens is 711 g/mol. The van der Waals surface area contributed by atoms with E-state index in [1.165, 1.54) is 0 Å². The molecule has 0 aliphatic heterocycles. The predicted molar refractivity (Wildman–Crippen MR) is 230 cm³/mol. The molecule has 1 aliphatic rings. The Labute approximate surface area is 336 Å². The third-order valence-corrected chi connectivity index (χ3v) is 10.3. The second-order valence-electron chi connectivity index (χ2n) is 14.7. The molecule has 0 radical (unpaired) electrons. The molecule has 0 aromatic heterocycles. The Morgan fingerprint density at radius 1 is 0.614 bits per heavy atom.